The van der Waals surface area contributed by atoms with E-state index in [-0.39, 0.29) is 59.3 Å². The summed E-state index contributed by atoms with van der Waals surface area (Å²) < 4.78 is 5.68. The zero-order chi connectivity index (χ0) is 14.7. The van der Waals surface area contributed by atoms with E-state index in [1.165, 1.54) is 18.4 Å². The molecule has 0 saturated heterocycles. The minimum Gasteiger partial charge on any atom is -0.603 e. The van der Waals surface area contributed by atoms with Crippen molar-refractivity contribution in [2.45, 2.75) is 45.1 Å². The molecule has 2 heterocycles. The molecule has 2 N–H and O–H groups in total. The minimum atomic E-state index is -0.0884. The molecule has 2 aliphatic rings. The van der Waals surface area contributed by atoms with E-state index < -0.39 is 0 Å². The average Bonchev–Trinajstić information content (AvgIpc) is 2.90. The molecule has 5 heteroatoms. The van der Waals surface area contributed by atoms with Gasteiger partial charge in [0, 0.05) is 59.3 Å². The number of hydrogen-bond acceptors (Lipinski definition) is 3. The number of rotatable bonds is 0. The summed E-state index contributed by atoms with van der Waals surface area (Å²) in [5.41, 5.74) is 3.44. The van der Waals surface area contributed by atoms with Gasteiger partial charge in [0.25, 0.3) is 0 Å². The van der Waals surface area contributed by atoms with Crippen LogP contribution in [0.1, 0.15) is 45.1 Å². The van der Waals surface area contributed by atoms with Gasteiger partial charge in [0.1, 0.15) is 0 Å². The summed E-state index contributed by atoms with van der Waals surface area (Å²) in [6, 6.07) is 7.19. The Morgan fingerprint density at radius 2 is 1.87 bits per heavy atom. The molecular weight excluding hydrogens is 533 g/mol. The van der Waals surface area contributed by atoms with Gasteiger partial charge in [-0.25, -0.2) is 0 Å². The normalized spacial score (nSPS) is 20.7. The van der Waals surface area contributed by atoms with E-state index in [0.29, 0.717) is 5.41 Å². The molecule has 0 unspecified atom stereocenters. The van der Waals surface area contributed by atoms with Gasteiger partial charge < -0.3 is 15.1 Å². The molecular formula is C18H20N2OWY-2. The average molecular weight is 553 g/mol. The molecule has 0 bridgehead atoms. The molecule has 1 saturated carbocycles. The van der Waals surface area contributed by atoms with Crippen LogP contribution in [0.2, 0.25) is 0 Å². The number of fused-ring (bicyclic) bond motifs is 4. The van der Waals surface area contributed by atoms with Crippen molar-refractivity contribution >= 4 is 16.7 Å². The van der Waals surface area contributed by atoms with Crippen molar-refractivity contribution in [2.75, 3.05) is 5.32 Å². The maximum Gasteiger partial charge on any atom is 0.0937 e. The Bertz CT molecular complexity index is 728. The van der Waals surface area contributed by atoms with E-state index in [1.54, 1.807) is 0 Å². The molecule has 0 atom stereocenters. The van der Waals surface area contributed by atoms with Gasteiger partial charge in [0.2, 0.25) is 0 Å². The van der Waals surface area contributed by atoms with Crippen LogP contribution in [0.3, 0.4) is 0 Å². The Balaban J connectivity index is 0.000000960. The van der Waals surface area contributed by atoms with Gasteiger partial charge in [-0.05, 0) is 37.4 Å². The maximum absolute atomic E-state index is 5.68. The molecule has 119 valence electrons. The number of anilines is 1. The van der Waals surface area contributed by atoms with Crippen molar-refractivity contribution in [3.8, 4) is 0 Å². The number of hydrogen-bond donors (Lipinski definition) is 2. The Morgan fingerprint density at radius 1 is 1.17 bits per heavy atom. The third-order valence-corrected chi connectivity index (χ3v) is 5.09. The standard InChI is InChI=1S/C18H20N2O.W.Y/c1-12-19-14-5-4-13-6-11-21-16(13)15(14)18(20-12)9-7-17(2,3)8-10-18;;/h4,6,19-20H,1,7-10H2,2-3H3;;/q-2;;. The number of benzene rings is 1. The van der Waals surface area contributed by atoms with Gasteiger partial charge in [-0.3, -0.25) is 0 Å². The fourth-order valence-corrected chi connectivity index (χ4v) is 3.73. The molecule has 1 radical (unpaired) electrons. The molecule has 4 rings (SSSR count). The van der Waals surface area contributed by atoms with Crippen molar-refractivity contribution in [1.29, 1.82) is 0 Å². The Kier molecular flexibility index (Phi) is 5.56. The molecule has 1 aliphatic heterocycles. The van der Waals surface area contributed by atoms with Gasteiger partial charge >= 0.3 is 0 Å². The van der Waals surface area contributed by atoms with Crippen LogP contribution >= 0.6 is 0 Å². The second-order valence-corrected chi connectivity index (χ2v) is 7.16. The maximum atomic E-state index is 5.68. The summed E-state index contributed by atoms with van der Waals surface area (Å²) >= 11 is 0. The quantitative estimate of drug-likeness (QED) is 0.478. The predicted molar refractivity (Wildman–Crippen MR) is 83.7 cm³/mol. The smallest absolute Gasteiger partial charge is 0.0937 e. The summed E-state index contributed by atoms with van der Waals surface area (Å²) in [6.07, 6.45) is 7.41. The number of furan rings is 1. The summed E-state index contributed by atoms with van der Waals surface area (Å²) in [5.74, 6) is 0.855. The van der Waals surface area contributed by atoms with Crippen molar-refractivity contribution in [1.82, 2.24) is 5.32 Å². The molecule has 2 aromatic rings. The van der Waals surface area contributed by atoms with Gasteiger partial charge in [-0.1, -0.05) is 31.7 Å². The molecule has 23 heavy (non-hydrogen) atoms. The van der Waals surface area contributed by atoms with Crippen LogP contribution in [0.5, 0.6) is 0 Å². The van der Waals surface area contributed by atoms with E-state index in [2.05, 4.69) is 43.4 Å². The van der Waals surface area contributed by atoms with E-state index in [0.717, 1.165) is 35.3 Å². The van der Waals surface area contributed by atoms with Gasteiger partial charge in [0.05, 0.1) is 5.82 Å². The first-order chi connectivity index (χ1) is 9.99. The van der Waals surface area contributed by atoms with Gasteiger partial charge in [0.15, 0.2) is 0 Å². The van der Waals surface area contributed by atoms with Crippen LogP contribution in [-0.4, -0.2) is 0 Å². The Morgan fingerprint density at radius 3 is 2.57 bits per heavy atom. The van der Waals surface area contributed by atoms with Crippen molar-refractivity contribution in [3.63, 3.8) is 0 Å². The third kappa shape index (κ3) is 3.22. The molecule has 1 fully saturated rings. The first-order valence-corrected chi connectivity index (χ1v) is 7.58. The predicted octanol–water partition coefficient (Wildman–Crippen LogP) is 4.31. The minimum absolute atomic E-state index is 0. The first-order valence-electron chi connectivity index (χ1n) is 7.58. The summed E-state index contributed by atoms with van der Waals surface area (Å²) in [6.45, 7) is 8.79. The monoisotopic (exact) mass is 553 g/mol. The van der Waals surface area contributed by atoms with E-state index in [9.17, 15) is 0 Å². The van der Waals surface area contributed by atoms with Gasteiger partial charge in [-0.2, -0.15) is 17.5 Å². The zero-order valence-electron chi connectivity index (χ0n) is 13.6. The largest absolute Gasteiger partial charge is 0.603 e. The van der Waals surface area contributed by atoms with E-state index in [1.807, 2.05) is 12.1 Å². The molecule has 1 spiro atoms. The first kappa shape index (κ1) is 19.2. The van der Waals surface area contributed by atoms with Crippen molar-refractivity contribution < 1.29 is 58.2 Å². The third-order valence-electron chi connectivity index (χ3n) is 5.09. The summed E-state index contributed by atoms with van der Waals surface area (Å²) in [5, 5.41) is 7.97. The Labute approximate surface area is 177 Å². The van der Waals surface area contributed by atoms with Crippen LogP contribution in [0.15, 0.2) is 28.9 Å². The van der Waals surface area contributed by atoms with E-state index in [4.69, 9.17) is 4.42 Å². The molecule has 0 amide bonds. The second kappa shape index (κ2) is 6.66. The SMILES string of the molecule is C=C1Nc2[c-]cc3c[c-]oc3c2C2(CCC(C)(C)CC2)N1.[W].[Y]. The molecule has 1 aromatic heterocycles. The Hall–Kier alpha value is -0.108. The molecule has 1 aromatic carbocycles. The fraction of sp³-hybridized carbons (Fsp3) is 0.444. The van der Waals surface area contributed by atoms with Crippen molar-refractivity contribution in [3.05, 3.63) is 42.4 Å². The second-order valence-electron chi connectivity index (χ2n) is 7.16. The van der Waals surface area contributed by atoms with Gasteiger partial charge in [-0.15, -0.1) is 11.6 Å². The fourth-order valence-electron chi connectivity index (χ4n) is 3.73. The van der Waals surface area contributed by atoms with Crippen LogP contribution in [0.4, 0.5) is 5.69 Å². The molecule has 1 aliphatic carbocycles. The number of nitrogens with one attached hydrogen (secondary N) is 2. The zero-order valence-corrected chi connectivity index (χ0v) is 19.4. The summed E-state index contributed by atoms with van der Waals surface area (Å²) in [4.78, 5) is 0. The van der Waals surface area contributed by atoms with E-state index >= 15 is 0 Å². The summed E-state index contributed by atoms with van der Waals surface area (Å²) in [7, 11) is 0. The van der Waals surface area contributed by atoms with Crippen LogP contribution in [-0.2, 0) is 59.3 Å². The van der Waals surface area contributed by atoms with Crippen LogP contribution in [0, 0.1) is 17.7 Å². The van der Waals surface area contributed by atoms with Crippen LogP contribution < -0.4 is 10.6 Å². The van der Waals surface area contributed by atoms with Crippen molar-refractivity contribution in [2.24, 2.45) is 5.41 Å². The van der Waals surface area contributed by atoms with Crippen LogP contribution in [0.25, 0.3) is 11.0 Å². The topological polar surface area (TPSA) is 37.2 Å². The molecule has 3 nitrogen and oxygen atoms in total.